The van der Waals surface area contributed by atoms with E-state index >= 15 is 0 Å². The molecule has 0 saturated heterocycles. The van der Waals surface area contributed by atoms with Crippen molar-refractivity contribution in [2.24, 2.45) is 0 Å². The Hall–Kier alpha value is -5.26. The van der Waals surface area contributed by atoms with Gasteiger partial charge in [0.05, 0.1) is 17.7 Å². The highest BCUT2D eigenvalue weighted by molar-refractivity contribution is 6.03. The molecule has 2 aromatic heterocycles. The predicted molar refractivity (Wildman–Crippen MR) is 140 cm³/mol. The molecule has 194 valence electrons. The number of aromatic nitrogens is 6. The van der Waals surface area contributed by atoms with Gasteiger partial charge in [0.1, 0.15) is 29.4 Å². The van der Waals surface area contributed by atoms with E-state index in [0.29, 0.717) is 28.8 Å². The first-order valence-electron chi connectivity index (χ1n) is 11.7. The van der Waals surface area contributed by atoms with Gasteiger partial charge in [0.2, 0.25) is 0 Å². The van der Waals surface area contributed by atoms with Gasteiger partial charge in [-0.2, -0.15) is 0 Å². The van der Waals surface area contributed by atoms with Crippen molar-refractivity contribution >= 4 is 33.8 Å². The molecule has 3 N–H and O–H groups in total. The zero-order valence-corrected chi connectivity index (χ0v) is 20.3. The molecule has 2 aromatic carbocycles. The van der Waals surface area contributed by atoms with Gasteiger partial charge in [-0.1, -0.05) is 18.2 Å². The van der Waals surface area contributed by atoms with Gasteiger partial charge >= 0.3 is 6.36 Å². The summed E-state index contributed by atoms with van der Waals surface area (Å²) in [4.78, 5) is 24.9. The molecule has 9 nitrogen and oxygen atoms in total. The van der Waals surface area contributed by atoms with Crippen LogP contribution in [0.3, 0.4) is 0 Å². The molecule has 2 aliphatic rings. The second-order valence-corrected chi connectivity index (χ2v) is 8.56. The number of ether oxygens (including phenoxy) is 1. The van der Waals surface area contributed by atoms with E-state index in [1.165, 1.54) is 24.5 Å². The highest BCUT2D eigenvalue weighted by Crippen LogP contribution is 2.37. The van der Waals surface area contributed by atoms with Crippen LogP contribution in [0.2, 0.25) is 0 Å². The van der Waals surface area contributed by atoms with Gasteiger partial charge in [0.15, 0.2) is 5.82 Å². The van der Waals surface area contributed by atoms with Crippen LogP contribution >= 0.6 is 0 Å². The Morgan fingerprint density at radius 3 is 2.56 bits per heavy atom. The van der Waals surface area contributed by atoms with Crippen molar-refractivity contribution in [2.75, 3.05) is 10.6 Å². The summed E-state index contributed by atoms with van der Waals surface area (Å²) in [6.45, 7) is 1.97. The maximum atomic E-state index is 12.7. The number of aryl methyl sites for hydroxylation is 1. The number of halogens is 3. The van der Waals surface area contributed by atoms with Crippen molar-refractivity contribution in [3.8, 4) is 28.5 Å². The number of benzene rings is 2. The van der Waals surface area contributed by atoms with Gasteiger partial charge in [-0.3, -0.25) is 0 Å². The van der Waals surface area contributed by atoms with Crippen LogP contribution in [0.1, 0.15) is 5.56 Å². The number of nitrogens with zero attached hydrogens (tertiary/aromatic N) is 5. The quantitative estimate of drug-likeness (QED) is 0.221. The first kappa shape index (κ1) is 24.1. The molecule has 0 fully saturated rings. The minimum atomic E-state index is -4.78. The van der Waals surface area contributed by atoms with Gasteiger partial charge in [0.25, 0.3) is 0 Å². The van der Waals surface area contributed by atoms with E-state index in [2.05, 4.69) is 45.3 Å². The molecule has 0 atom stereocenters. The van der Waals surface area contributed by atoms with Gasteiger partial charge in [-0.25, -0.2) is 24.9 Å². The molecular weight excluding hydrogens is 509 g/mol. The first-order chi connectivity index (χ1) is 18.9. The van der Waals surface area contributed by atoms with Crippen molar-refractivity contribution in [1.82, 2.24) is 29.9 Å². The fourth-order valence-electron chi connectivity index (χ4n) is 4.32. The van der Waals surface area contributed by atoms with Crippen LogP contribution in [0.4, 0.5) is 36.2 Å². The molecule has 0 radical (unpaired) electrons. The number of H-pyrrole nitrogens is 1. The number of alkyl halides is 3. The molecule has 0 spiro atoms. The van der Waals surface area contributed by atoms with Crippen LogP contribution in [0.25, 0.3) is 33.5 Å². The molecule has 6 rings (SSSR count). The van der Waals surface area contributed by atoms with E-state index in [9.17, 15) is 13.2 Å². The van der Waals surface area contributed by atoms with Crippen LogP contribution in [-0.2, 0) is 0 Å². The third-order valence-electron chi connectivity index (χ3n) is 6.02. The molecule has 0 amide bonds. The van der Waals surface area contributed by atoms with Crippen molar-refractivity contribution < 1.29 is 17.9 Å². The summed E-state index contributed by atoms with van der Waals surface area (Å²) < 4.78 is 42.1. The highest BCUT2D eigenvalue weighted by Gasteiger charge is 2.31. The Labute approximate surface area is 219 Å². The van der Waals surface area contributed by atoms with E-state index in [0.717, 1.165) is 33.3 Å². The number of aromatic amines is 1. The van der Waals surface area contributed by atoms with Crippen molar-refractivity contribution in [3.05, 3.63) is 85.2 Å². The average molecular weight is 528 g/mol. The number of fused-ring (bicyclic) bond motifs is 2. The molecule has 0 saturated carbocycles. The average Bonchev–Trinajstić information content (AvgIpc) is 3.39. The van der Waals surface area contributed by atoms with E-state index in [4.69, 9.17) is 0 Å². The van der Waals surface area contributed by atoms with E-state index in [1.807, 2.05) is 37.3 Å². The van der Waals surface area contributed by atoms with E-state index < -0.39 is 6.36 Å². The Morgan fingerprint density at radius 2 is 1.69 bits per heavy atom. The zero-order chi connectivity index (χ0) is 27.0. The highest BCUT2D eigenvalue weighted by atomic mass is 19.4. The third-order valence-corrected chi connectivity index (χ3v) is 6.02. The minimum Gasteiger partial charge on any atom is -0.406 e. The number of imidazole rings is 1. The van der Waals surface area contributed by atoms with E-state index in [1.54, 1.807) is 24.8 Å². The van der Waals surface area contributed by atoms with Gasteiger partial charge in [0, 0.05) is 40.5 Å². The fourth-order valence-corrected chi connectivity index (χ4v) is 4.32. The van der Waals surface area contributed by atoms with Crippen LogP contribution in [0.5, 0.6) is 5.75 Å². The maximum Gasteiger partial charge on any atom is 0.573 e. The summed E-state index contributed by atoms with van der Waals surface area (Å²) in [5, 5.41) is 8.17. The van der Waals surface area contributed by atoms with Gasteiger partial charge in [-0.15, -0.1) is 13.2 Å². The largest absolute Gasteiger partial charge is 0.573 e. The number of anilines is 4. The molecule has 2 aliphatic heterocycles. The number of hydrogen-bond acceptors (Lipinski definition) is 8. The molecule has 0 unspecified atom stereocenters. The lowest BCUT2D eigenvalue weighted by Crippen LogP contribution is -2.17. The lowest BCUT2D eigenvalue weighted by Gasteiger charge is -2.17. The fraction of sp³-hybridized carbons (Fsp3) is 0.0741. The molecule has 12 heteroatoms. The van der Waals surface area contributed by atoms with Crippen LogP contribution in [0.15, 0.2) is 79.6 Å². The second-order valence-electron chi connectivity index (χ2n) is 8.56. The Kier molecular flexibility index (Phi) is 5.91. The van der Waals surface area contributed by atoms with Crippen LogP contribution in [-0.4, -0.2) is 36.3 Å². The van der Waals surface area contributed by atoms with E-state index in [-0.39, 0.29) is 5.75 Å². The minimum absolute atomic E-state index is 0.329. The SMILES string of the molecule is Cc1ccc2c(Nc3cccc(OC(F)(F)F)c3)nccc2c1Nc1ncccc1-c1[nH]cnc2ncnc1-2. The lowest BCUT2D eigenvalue weighted by atomic mass is 10.0. The number of nitrogens with one attached hydrogen (secondary N) is 3. The predicted octanol–water partition coefficient (Wildman–Crippen LogP) is 6.61. The summed E-state index contributed by atoms with van der Waals surface area (Å²) in [5.41, 5.74) is 4.26. The number of rotatable bonds is 6. The third kappa shape index (κ3) is 4.87. The Bertz CT molecular complexity index is 1770. The monoisotopic (exact) mass is 528 g/mol. The molecule has 4 heterocycles. The van der Waals surface area contributed by atoms with Crippen molar-refractivity contribution in [2.45, 2.75) is 13.3 Å². The van der Waals surface area contributed by atoms with Gasteiger partial charge in [-0.05, 0) is 42.8 Å². The second kappa shape index (κ2) is 9.56. The smallest absolute Gasteiger partial charge is 0.406 e. The first-order valence-corrected chi connectivity index (χ1v) is 11.7. The van der Waals surface area contributed by atoms with Crippen molar-refractivity contribution in [3.63, 3.8) is 0 Å². The normalized spacial score (nSPS) is 11.6. The summed E-state index contributed by atoms with van der Waals surface area (Å²) in [6, 6.07) is 15.0. The van der Waals surface area contributed by atoms with Gasteiger partial charge < -0.3 is 20.4 Å². The summed E-state index contributed by atoms with van der Waals surface area (Å²) >= 11 is 0. The Morgan fingerprint density at radius 1 is 0.821 bits per heavy atom. The summed E-state index contributed by atoms with van der Waals surface area (Å²) in [7, 11) is 0. The molecule has 0 bridgehead atoms. The number of pyridine rings is 2. The molecule has 0 aliphatic carbocycles. The van der Waals surface area contributed by atoms with Crippen molar-refractivity contribution in [1.29, 1.82) is 0 Å². The number of hydrogen-bond donors (Lipinski definition) is 3. The lowest BCUT2D eigenvalue weighted by molar-refractivity contribution is -0.274. The molecule has 4 aromatic rings. The summed E-state index contributed by atoms with van der Waals surface area (Å²) in [6.07, 6.45) is 1.55. The zero-order valence-electron chi connectivity index (χ0n) is 20.3. The molecule has 39 heavy (non-hydrogen) atoms. The Balaban J connectivity index is 1.38. The standard InChI is InChI=1S/C27H19F3N8O/c1-15-7-8-19-18(9-11-32-24(19)37-16-4-2-5-17(12-16)39-27(28,29)30)21(15)38-25-20(6-3-10-31-25)22-23-26(35-13-33-22)36-14-34-23/h2-14H,1H3,(H,31,38)(H,32,37)(H,33,34,35,36). The topological polar surface area (TPSA) is 114 Å². The molecular formula is C27H19F3N8O. The van der Waals surface area contributed by atoms with Crippen LogP contribution < -0.4 is 15.4 Å². The summed E-state index contributed by atoms with van der Waals surface area (Å²) in [5.74, 6) is 1.25. The van der Waals surface area contributed by atoms with Crippen LogP contribution in [0, 0.1) is 6.92 Å². The maximum absolute atomic E-state index is 12.7.